The number of benzene rings is 2. The number of nitrogens with one attached hydrogen (secondary N) is 1. The Morgan fingerprint density at radius 2 is 2.00 bits per heavy atom. The second kappa shape index (κ2) is 4.77. The fourth-order valence-corrected chi connectivity index (χ4v) is 2.26. The van der Waals surface area contributed by atoms with Gasteiger partial charge in [-0.3, -0.25) is 9.69 Å². The van der Waals surface area contributed by atoms with Crippen LogP contribution in [0, 0.1) is 0 Å². The molecule has 3 rings (SSSR count). The Morgan fingerprint density at radius 1 is 1.20 bits per heavy atom. The third kappa shape index (κ3) is 1.93. The molecule has 0 spiro atoms. The van der Waals surface area contributed by atoms with Crippen LogP contribution in [0.25, 0.3) is 0 Å². The van der Waals surface area contributed by atoms with E-state index in [-0.39, 0.29) is 12.5 Å². The summed E-state index contributed by atoms with van der Waals surface area (Å²) in [5.41, 5.74) is 8.83. The maximum atomic E-state index is 12.2. The Kier molecular flexibility index (Phi) is 2.95. The molecular formula is C15H15N3O2. The van der Waals surface area contributed by atoms with Crippen molar-refractivity contribution in [1.82, 2.24) is 0 Å². The molecule has 0 aromatic heterocycles. The summed E-state index contributed by atoms with van der Waals surface area (Å²) in [6.07, 6.45) is 0. The fourth-order valence-electron chi connectivity index (χ4n) is 2.26. The quantitative estimate of drug-likeness (QED) is 0.821. The van der Waals surface area contributed by atoms with Gasteiger partial charge in [-0.2, -0.15) is 0 Å². The lowest BCUT2D eigenvalue weighted by Crippen LogP contribution is -2.35. The lowest BCUT2D eigenvalue weighted by molar-refractivity contribution is -0.120. The zero-order chi connectivity index (χ0) is 14.1. The molecule has 5 heteroatoms. The second-order valence-electron chi connectivity index (χ2n) is 4.51. The Hall–Kier alpha value is -2.69. The van der Waals surface area contributed by atoms with Gasteiger partial charge in [-0.05, 0) is 30.3 Å². The minimum atomic E-state index is -0.136. The average molecular weight is 269 g/mol. The zero-order valence-electron chi connectivity index (χ0n) is 11.1. The molecule has 2 aromatic rings. The number of rotatable bonds is 2. The molecule has 102 valence electrons. The first-order valence-electron chi connectivity index (χ1n) is 6.33. The molecule has 0 atom stereocenters. The highest BCUT2D eigenvalue weighted by Crippen LogP contribution is 2.40. The predicted molar refractivity (Wildman–Crippen MR) is 79.5 cm³/mol. The number of amides is 1. The summed E-state index contributed by atoms with van der Waals surface area (Å²) in [4.78, 5) is 13.8. The number of carbonyl (C=O) groups excluding carboxylic acids is 1. The van der Waals surface area contributed by atoms with Gasteiger partial charge in [0.1, 0.15) is 5.75 Å². The standard InChI is InChI=1S/C15H15N3O2/c1-17-10-6-7-14-13(8-10)18(15(19)9-20-14)12-5-3-2-4-11(12)16/h2-8,17H,9,16H2,1H3. The molecule has 1 aliphatic heterocycles. The van der Waals surface area contributed by atoms with E-state index in [2.05, 4.69) is 5.32 Å². The molecule has 0 saturated carbocycles. The summed E-state index contributed by atoms with van der Waals surface area (Å²) in [6.45, 7) is 0.0141. The molecule has 20 heavy (non-hydrogen) atoms. The summed E-state index contributed by atoms with van der Waals surface area (Å²) in [5.74, 6) is 0.538. The summed E-state index contributed by atoms with van der Waals surface area (Å²) in [7, 11) is 1.83. The largest absolute Gasteiger partial charge is 0.482 e. The minimum absolute atomic E-state index is 0.0141. The number of nitrogens with two attached hydrogens (primary N) is 1. The van der Waals surface area contributed by atoms with Gasteiger partial charge in [-0.15, -0.1) is 0 Å². The van der Waals surface area contributed by atoms with E-state index >= 15 is 0 Å². The van der Waals surface area contributed by atoms with Crippen LogP contribution >= 0.6 is 0 Å². The van der Waals surface area contributed by atoms with Gasteiger partial charge in [0.2, 0.25) is 0 Å². The zero-order valence-corrected chi connectivity index (χ0v) is 11.1. The topological polar surface area (TPSA) is 67.6 Å². The van der Waals surface area contributed by atoms with Gasteiger partial charge < -0.3 is 15.8 Å². The summed E-state index contributed by atoms with van der Waals surface area (Å²) < 4.78 is 5.47. The Labute approximate surface area is 117 Å². The van der Waals surface area contributed by atoms with Crippen molar-refractivity contribution >= 4 is 28.7 Å². The van der Waals surface area contributed by atoms with Gasteiger partial charge in [0, 0.05) is 12.7 Å². The van der Waals surface area contributed by atoms with Crippen LogP contribution in [0.5, 0.6) is 5.75 Å². The lowest BCUT2D eigenvalue weighted by atomic mass is 10.1. The summed E-state index contributed by atoms with van der Waals surface area (Å²) in [5, 5.41) is 3.05. The Morgan fingerprint density at radius 3 is 2.75 bits per heavy atom. The number of hydrogen-bond donors (Lipinski definition) is 2. The number of nitrogen functional groups attached to an aromatic ring is 1. The van der Waals surface area contributed by atoms with Gasteiger partial charge in [-0.25, -0.2) is 0 Å². The number of nitrogens with zero attached hydrogens (tertiary/aromatic N) is 1. The van der Waals surface area contributed by atoms with Crippen LogP contribution in [0.2, 0.25) is 0 Å². The fraction of sp³-hybridized carbons (Fsp3) is 0.133. The van der Waals surface area contributed by atoms with Crippen molar-refractivity contribution in [3.63, 3.8) is 0 Å². The van der Waals surface area contributed by atoms with Crippen LogP contribution in [0.3, 0.4) is 0 Å². The van der Waals surface area contributed by atoms with Crippen molar-refractivity contribution in [3.05, 3.63) is 42.5 Å². The molecule has 3 N–H and O–H groups in total. The number of anilines is 4. The number of para-hydroxylation sites is 2. The molecule has 0 radical (unpaired) electrons. The first-order chi connectivity index (χ1) is 9.70. The second-order valence-corrected chi connectivity index (χ2v) is 4.51. The van der Waals surface area contributed by atoms with E-state index in [1.165, 1.54) is 0 Å². The molecule has 5 nitrogen and oxygen atoms in total. The smallest absolute Gasteiger partial charge is 0.269 e. The minimum Gasteiger partial charge on any atom is -0.482 e. The molecule has 0 aliphatic carbocycles. The highest BCUT2D eigenvalue weighted by atomic mass is 16.5. The lowest BCUT2D eigenvalue weighted by Gasteiger charge is -2.30. The molecule has 0 bridgehead atoms. The third-order valence-corrected chi connectivity index (χ3v) is 3.27. The van der Waals surface area contributed by atoms with Gasteiger partial charge in [0.05, 0.1) is 17.1 Å². The first kappa shape index (κ1) is 12.3. The van der Waals surface area contributed by atoms with Crippen molar-refractivity contribution in [1.29, 1.82) is 0 Å². The van der Waals surface area contributed by atoms with E-state index in [0.717, 1.165) is 5.69 Å². The van der Waals surface area contributed by atoms with Gasteiger partial charge >= 0.3 is 0 Å². The van der Waals surface area contributed by atoms with Crippen molar-refractivity contribution in [2.75, 3.05) is 29.6 Å². The molecule has 1 aliphatic rings. The predicted octanol–water partition coefficient (Wildman–Crippen LogP) is 2.37. The monoisotopic (exact) mass is 269 g/mol. The highest BCUT2D eigenvalue weighted by Gasteiger charge is 2.28. The molecule has 1 amide bonds. The summed E-state index contributed by atoms with van der Waals surface area (Å²) in [6, 6.07) is 12.9. The average Bonchev–Trinajstić information content (AvgIpc) is 2.48. The Balaban J connectivity index is 2.17. The number of ether oxygens (including phenoxy) is 1. The maximum absolute atomic E-state index is 12.2. The van der Waals surface area contributed by atoms with E-state index in [4.69, 9.17) is 10.5 Å². The van der Waals surface area contributed by atoms with Crippen LogP contribution in [0.15, 0.2) is 42.5 Å². The SMILES string of the molecule is CNc1ccc2c(c1)N(c1ccccc1N)C(=O)CO2. The molecule has 0 fully saturated rings. The van der Waals surface area contributed by atoms with Crippen LogP contribution in [-0.2, 0) is 4.79 Å². The van der Waals surface area contributed by atoms with Gasteiger partial charge in [-0.1, -0.05) is 12.1 Å². The summed E-state index contributed by atoms with van der Waals surface area (Å²) >= 11 is 0. The van der Waals surface area contributed by atoms with E-state index in [9.17, 15) is 4.79 Å². The maximum Gasteiger partial charge on any atom is 0.269 e. The van der Waals surface area contributed by atoms with Gasteiger partial charge in [0.15, 0.2) is 6.61 Å². The van der Waals surface area contributed by atoms with Crippen LogP contribution in [0.1, 0.15) is 0 Å². The van der Waals surface area contributed by atoms with Crippen molar-refractivity contribution < 1.29 is 9.53 Å². The van der Waals surface area contributed by atoms with Gasteiger partial charge in [0.25, 0.3) is 5.91 Å². The number of hydrogen-bond acceptors (Lipinski definition) is 4. The van der Waals surface area contributed by atoms with Crippen LogP contribution < -0.4 is 20.7 Å². The van der Waals surface area contributed by atoms with E-state index in [0.29, 0.717) is 22.8 Å². The van der Waals surface area contributed by atoms with Crippen LogP contribution in [-0.4, -0.2) is 19.6 Å². The van der Waals surface area contributed by atoms with E-state index < -0.39 is 0 Å². The van der Waals surface area contributed by atoms with E-state index in [1.807, 2.05) is 43.4 Å². The number of fused-ring (bicyclic) bond motifs is 1. The van der Waals surface area contributed by atoms with Crippen molar-refractivity contribution in [2.24, 2.45) is 0 Å². The van der Waals surface area contributed by atoms with Crippen LogP contribution in [0.4, 0.5) is 22.7 Å². The van der Waals surface area contributed by atoms with Crippen molar-refractivity contribution in [3.8, 4) is 5.75 Å². The Bertz CT molecular complexity index is 670. The normalized spacial score (nSPS) is 13.7. The molecule has 0 unspecified atom stereocenters. The molecule has 2 aromatic carbocycles. The van der Waals surface area contributed by atoms with E-state index in [1.54, 1.807) is 11.0 Å². The molecule has 1 heterocycles. The number of carbonyl (C=O) groups is 1. The molecule has 0 saturated heterocycles. The molecular weight excluding hydrogens is 254 g/mol. The van der Waals surface area contributed by atoms with Crippen molar-refractivity contribution in [2.45, 2.75) is 0 Å². The first-order valence-corrected chi connectivity index (χ1v) is 6.33. The highest BCUT2D eigenvalue weighted by molar-refractivity contribution is 6.06. The third-order valence-electron chi connectivity index (χ3n) is 3.27.